The van der Waals surface area contributed by atoms with Gasteiger partial charge in [0.2, 0.25) is 0 Å². The molecule has 3 N–H and O–H groups in total. The van der Waals surface area contributed by atoms with Gasteiger partial charge in [0, 0.05) is 44.8 Å². The SMILES string of the molecule is CCNC(=NCC(CC(C)C)N1CCOCC1)NCCc1cccc(C(=O)NC)c1.I. The van der Waals surface area contributed by atoms with E-state index in [4.69, 9.17) is 9.73 Å². The molecular formula is C23H40IN5O2. The van der Waals surface area contributed by atoms with Crippen molar-refractivity contribution in [1.82, 2.24) is 20.9 Å². The summed E-state index contributed by atoms with van der Waals surface area (Å²) in [6.07, 6.45) is 1.96. The third-order valence-corrected chi connectivity index (χ3v) is 5.23. The number of benzene rings is 1. The van der Waals surface area contributed by atoms with Crippen LogP contribution < -0.4 is 16.0 Å². The second-order valence-corrected chi connectivity index (χ2v) is 8.11. The van der Waals surface area contributed by atoms with Crippen LogP contribution in [0.1, 0.15) is 43.1 Å². The zero-order valence-corrected chi connectivity index (χ0v) is 21.8. The van der Waals surface area contributed by atoms with Crippen molar-refractivity contribution in [1.29, 1.82) is 0 Å². The van der Waals surface area contributed by atoms with Gasteiger partial charge in [-0.05, 0) is 43.4 Å². The number of guanidine groups is 1. The Bertz CT molecular complexity index is 678. The van der Waals surface area contributed by atoms with E-state index >= 15 is 0 Å². The van der Waals surface area contributed by atoms with Crippen molar-refractivity contribution in [2.45, 2.75) is 39.7 Å². The van der Waals surface area contributed by atoms with Crippen LogP contribution in [0.5, 0.6) is 0 Å². The molecule has 0 saturated carbocycles. The average Bonchev–Trinajstić information content (AvgIpc) is 2.76. The molecule has 1 aromatic rings. The summed E-state index contributed by atoms with van der Waals surface area (Å²) in [5, 5.41) is 9.46. The van der Waals surface area contributed by atoms with E-state index in [9.17, 15) is 4.79 Å². The minimum Gasteiger partial charge on any atom is -0.379 e. The first-order valence-corrected chi connectivity index (χ1v) is 11.2. The van der Waals surface area contributed by atoms with E-state index in [1.165, 1.54) is 0 Å². The monoisotopic (exact) mass is 545 g/mol. The number of morpholine rings is 1. The smallest absolute Gasteiger partial charge is 0.251 e. The van der Waals surface area contributed by atoms with Gasteiger partial charge in [0.1, 0.15) is 0 Å². The fourth-order valence-corrected chi connectivity index (χ4v) is 3.70. The lowest BCUT2D eigenvalue weighted by Crippen LogP contribution is -2.46. The first-order valence-electron chi connectivity index (χ1n) is 11.2. The lowest BCUT2D eigenvalue weighted by molar-refractivity contribution is 0.0143. The third kappa shape index (κ3) is 10.2. The molecule has 0 spiro atoms. The highest BCUT2D eigenvalue weighted by Gasteiger charge is 2.21. The molecular weight excluding hydrogens is 505 g/mol. The summed E-state index contributed by atoms with van der Waals surface area (Å²) in [6, 6.07) is 8.20. The molecule has 1 unspecified atom stereocenters. The summed E-state index contributed by atoms with van der Waals surface area (Å²) < 4.78 is 5.52. The predicted octanol–water partition coefficient (Wildman–Crippen LogP) is 2.51. The molecule has 1 heterocycles. The van der Waals surface area contributed by atoms with Crippen molar-refractivity contribution in [3.63, 3.8) is 0 Å². The van der Waals surface area contributed by atoms with Crippen LogP contribution in [0, 0.1) is 5.92 Å². The van der Waals surface area contributed by atoms with Crippen LogP contribution >= 0.6 is 24.0 Å². The number of hydrogen-bond donors (Lipinski definition) is 3. The Hall–Kier alpha value is -1.39. The summed E-state index contributed by atoms with van der Waals surface area (Å²) in [6.45, 7) is 12.6. The first-order chi connectivity index (χ1) is 14.5. The number of rotatable bonds is 10. The van der Waals surface area contributed by atoms with Gasteiger partial charge in [-0.3, -0.25) is 14.7 Å². The van der Waals surface area contributed by atoms with E-state index in [0.29, 0.717) is 17.5 Å². The predicted molar refractivity (Wildman–Crippen MR) is 139 cm³/mol. The molecule has 0 radical (unpaired) electrons. The van der Waals surface area contributed by atoms with Gasteiger partial charge in [0.25, 0.3) is 5.91 Å². The minimum atomic E-state index is -0.0565. The van der Waals surface area contributed by atoms with Crippen LogP contribution in [-0.2, 0) is 11.2 Å². The third-order valence-electron chi connectivity index (χ3n) is 5.23. The Labute approximate surface area is 204 Å². The molecule has 1 atom stereocenters. The highest BCUT2D eigenvalue weighted by Crippen LogP contribution is 2.14. The van der Waals surface area contributed by atoms with E-state index in [-0.39, 0.29) is 29.9 Å². The Morgan fingerprint density at radius 2 is 1.97 bits per heavy atom. The van der Waals surface area contributed by atoms with Gasteiger partial charge in [-0.1, -0.05) is 26.0 Å². The van der Waals surface area contributed by atoms with Gasteiger partial charge < -0.3 is 20.7 Å². The fraction of sp³-hybridized carbons (Fsp3) is 0.652. The van der Waals surface area contributed by atoms with Gasteiger partial charge in [0.05, 0.1) is 19.8 Å². The van der Waals surface area contributed by atoms with Gasteiger partial charge in [-0.25, -0.2) is 0 Å². The molecule has 0 aliphatic carbocycles. The number of ether oxygens (including phenoxy) is 1. The maximum Gasteiger partial charge on any atom is 0.251 e. The molecule has 1 fully saturated rings. The van der Waals surface area contributed by atoms with Crippen molar-refractivity contribution in [2.75, 3.05) is 53.0 Å². The summed E-state index contributed by atoms with van der Waals surface area (Å²) in [5.74, 6) is 1.43. The number of amides is 1. The number of halogens is 1. The van der Waals surface area contributed by atoms with Gasteiger partial charge in [-0.15, -0.1) is 24.0 Å². The van der Waals surface area contributed by atoms with E-state index in [1.54, 1.807) is 7.05 Å². The molecule has 1 aliphatic heterocycles. The quantitative estimate of drug-likeness (QED) is 0.239. The summed E-state index contributed by atoms with van der Waals surface area (Å²) in [4.78, 5) is 19.2. The van der Waals surface area contributed by atoms with Gasteiger partial charge in [-0.2, -0.15) is 0 Å². The van der Waals surface area contributed by atoms with Crippen LogP contribution in [0.25, 0.3) is 0 Å². The molecule has 1 saturated heterocycles. The van der Waals surface area contributed by atoms with E-state index < -0.39 is 0 Å². The van der Waals surface area contributed by atoms with E-state index in [0.717, 1.165) is 70.3 Å². The molecule has 7 nitrogen and oxygen atoms in total. The van der Waals surface area contributed by atoms with E-state index in [2.05, 4.69) is 47.7 Å². The number of nitrogens with zero attached hydrogens (tertiary/aromatic N) is 2. The minimum absolute atomic E-state index is 0. The second-order valence-electron chi connectivity index (χ2n) is 8.11. The molecule has 8 heteroatoms. The number of carbonyl (C=O) groups is 1. The Kier molecular flexibility index (Phi) is 13.7. The van der Waals surface area contributed by atoms with Crippen molar-refractivity contribution in [3.05, 3.63) is 35.4 Å². The largest absolute Gasteiger partial charge is 0.379 e. The van der Waals surface area contributed by atoms with Gasteiger partial charge in [0.15, 0.2) is 5.96 Å². The van der Waals surface area contributed by atoms with Crippen molar-refractivity contribution in [3.8, 4) is 0 Å². The molecule has 0 aromatic heterocycles. The first kappa shape index (κ1) is 27.6. The van der Waals surface area contributed by atoms with Crippen LogP contribution in [0.2, 0.25) is 0 Å². The molecule has 1 aromatic carbocycles. The molecule has 0 bridgehead atoms. The fourth-order valence-electron chi connectivity index (χ4n) is 3.70. The number of aliphatic imine (C=N–C) groups is 1. The number of carbonyl (C=O) groups excluding carboxylic acids is 1. The van der Waals surface area contributed by atoms with Crippen LogP contribution in [0.4, 0.5) is 0 Å². The normalized spacial score (nSPS) is 15.8. The standard InChI is InChI=1S/C23H39N5O2.HI/c1-5-25-23(26-10-9-19-7-6-8-20(16-19)22(29)24-4)27-17-21(15-18(2)3)28-11-13-30-14-12-28;/h6-8,16,18,21H,5,9-15,17H2,1-4H3,(H,24,29)(H2,25,26,27);1H. The number of hydrogen-bond acceptors (Lipinski definition) is 4. The second kappa shape index (κ2) is 15.4. The van der Waals surface area contributed by atoms with Crippen LogP contribution in [-0.4, -0.2) is 75.8 Å². The average molecular weight is 546 g/mol. The lowest BCUT2D eigenvalue weighted by Gasteiger charge is -2.34. The zero-order chi connectivity index (χ0) is 21.8. The van der Waals surface area contributed by atoms with Crippen molar-refractivity contribution in [2.24, 2.45) is 10.9 Å². The Morgan fingerprint density at radius 3 is 2.61 bits per heavy atom. The summed E-state index contributed by atoms with van der Waals surface area (Å²) >= 11 is 0. The van der Waals surface area contributed by atoms with Crippen molar-refractivity contribution < 1.29 is 9.53 Å². The lowest BCUT2D eigenvalue weighted by atomic mass is 10.0. The Morgan fingerprint density at radius 1 is 1.23 bits per heavy atom. The topological polar surface area (TPSA) is 78.0 Å². The van der Waals surface area contributed by atoms with Crippen LogP contribution in [0.3, 0.4) is 0 Å². The van der Waals surface area contributed by atoms with Crippen molar-refractivity contribution >= 4 is 35.8 Å². The maximum absolute atomic E-state index is 11.8. The molecule has 2 rings (SSSR count). The molecule has 31 heavy (non-hydrogen) atoms. The highest BCUT2D eigenvalue weighted by molar-refractivity contribution is 14.0. The maximum atomic E-state index is 11.8. The summed E-state index contributed by atoms with van der Waals surface area (Å²) in [5.41, 5.74) is 1.82. The zero-order valence-electron chi connectivity index (χ0n) is 19.4. The van der Waals surface area contributed by atoms with Gasteiger partial charge >= 0.3 is 0 Å². The Balaban J connectivity index is 0.00000480. The molecule has 1 aliphatic rings. The highest BCUT2D eigenvalue weighted by atomic mass is 127. The number of nitrogens with one attached hydrogen (secondary N) is 3. The van der Waals surface area contributed by atoms with Crippen LogP contribution in [0.15, 0.2) is 29.3 Å². The van der Waals surface area contributed by atoms with E-state index in [1.807, 2.05) is 18.2 Å². The molecule has 1 amide bonds. The molecule has 176 valence electrons. The summed E-state index contributed by atoms with van der Waals surface area (Å²) in [7, 11) is 1.65.